The largest absolute Gasteiger partial charge is 0.493 e. The number of nitrogens with zero attached hydrogens (tertiary/aromatic N) is 1. The van der Waals surface area contributed by atoms with Gasteiger partial charge in [-0.05, 0) is 62.5 Å². The average Bonchev–Trinajstić information content (AvgIpc) is 2.72. The van der Waals surface area contributed by atoms with Crippen LogP contribution in [0.1, 0.15) is 25.0 Å². The van der Waals surface area contributed by atoms with Crippen molar-refractivity contribution in [2.24, 2.45) is 0 Å². The fraction of sp³-hybridized carbons (Fsp3) is 0.478. The van der Waals surface area contributed by atoms with Crippen LogP contribution < -0.4 is 14.8 Å². The molecule has 2 aromatic rings. The third kappa shape index (κ3) is 7.90. The summed E-state index contributed by atoms with van der Waals surface area (Å²) in [6.07, 6.45) is 1.54. The first-order valence-electron chi connectivity index (χ1n) is 9.94. The number of nitrogens with one attached hydrogen (secondary N) is 1. The van der Waals surface area contributed by atoms with Crippen LogP contribution in [0.4, 0.5) is 0 Å². The molecule has 0 aliphatic rings. The zero-order chi connectivity index (χ0) is 21.2. The van der Waals surface area contributed by atoms with Crippen molar-refractivity contribution in [3.05, 3.63) is 53.6 Å². The molecule has 0 radical (unpaired) electrons. The summed E-state index contributed by atoms with van der Waals surface area (Å²) in [5.41, 5.74) is 2.39. The fourth-order valence-electron chi connectivity index (χ4n) is 2.86. The average molecular weight is 419 g/mol. The van der Waals surface area contributed by atoms with Gasteiger partial charge in [-0.1, -0.05) is 18.2 Å². The SMILES string of the molecule is COc1cc(CNCc2cccc(SC)c2)ccc1OCC(O)CN(C)C(C)C. The predicted octanol–water partition coefficient (Wildman–Crippen LogP) is 3.79. The van der Waals surface area contributed by atoms with Gasteiger partial charge in [0, 0.05) is 30.6 Å². The Hall–Kier alpha value is -1.73. The number of methoxy groups -OCH3 is 1. The second kappa shape index (κ2) is 12.1. The molecule has 160 valence electrons. The van der Waals surface area contributed by atoms with Crippen LogP contribution in [0.5, 0.6) is 11.5 Å². The Morgan fingerprint density at radius 2 is 1.79 bits per heavy atom. The second-order valence-electron chi connectivity index (χ2n) is 7.44. The Morgan fingerprint density at radius 3 is 2.45 bits per heavy atom. The summed E-state index contributed by atoms with van der Waals surface area (Å²) in [5.74, 6) is 1.33. The summed E-state index contributed by atoms with van der Waals surface area (Å²) in [7, 11) is 3.63. The van der Waals surface area contributed by atoms with Crippen molar-refractivity contribution in [1.82, 2.24) is 10.2 Å². The van der Waals surface area contributed by atoms with Crippen molar-refractivity contribution in [1.29, 1.82) is 0 Å². The van der Waals surface area contributed by atoms with Crippen LogP contribution in [0.3, 0.4) is 0 Å². The van der Waals surface area contributed by atoms with Crippen molar-refractivity contribution >= 4 is 11.8 Å². The van der Waals surface area contributed by atoms with Crippen molar-refractivity contribution in [3.8, 4) is 11.5 Å². The lowest BCUT2D eigenvalue weighted by molar-refractivity contribution is 0.0668. The molecule has 29 heavy (non-hydrogen) atoms. The molecule has 6 heteroatoms. The molecule has 0 amide bonds. The van der Waals surface area contributed by atoms with Gasteiger partial charge in [-0.3, -0.25) is 0 Å². The highest BCUT2D eigenvalue weighted by Gasteiger charge is 2.13. The zero-order valence-corrected chi connectivity index (χ0v) is 19.0. The van der Waals surface area contributed by atoms with E-state index in [9.17, 15) is 5.11 Å². The van der Waals surface area contributed by atoms with Crippen LogP contribution in [0, 0.1) is 0 Å². The predicted molar refractivity (Wildman–Crippen MR) is 121 cm³/mol. The monoisotopic (exact) mass is 418 g/mol. The topological polar surface area (TPSA) is 54.0 Å². The van der Waals surface area contributed by atoms with Crippen molar-refractivity contribution in [2.45, 2.75) is 44.0 Å². The molecule has 0 saturated carbocycles. The molecular formula is C23H34N2O3S. The van der Waals surface area contributed by atoms with E-state index in [0.717, 1.165) is 18.7 Å². The Bertz CT molecular complexity index is 755. The number of hydrogen-bond donors (Lipinski definition) is 2. The minimum Gasteiger partial charge on any atom is -0.493 e. The highest BCUT2D eigenvalue weighted by atomic mass is 32.2. The molecule has 0 aliphatic heterocycles. The summed E-state index contributed by atoms with van der Waals surface area (Å²) < 4.78 is 11.3. The van der Waals surface area contributed by atoms with Crippen LogP contribution in [0.15, 0.2) is 47.4 Å². The minimum atomic E-state index is -0.550. The lowest BCUT2D eigenvalue weighted by Crippen LogP contribution is -2.36. The zero-order valence-electron chi connectivity index (χ0n) is 18.1. The highest BCUT2D eigenvalue weighted by Crippen LogP contribution is 2.28. The van der Waals surface area contributed by atoms with E-state index in [1.165, 1.54) is 10.5 Å². The molecule has 2 aromatic carbocycles. The van der Waals surface area contributed by atoms with Gasteiger partial charge in [0.2, 0.25) is 0 Å². The van der Waals surface area contributed by atoms with Gasteiger partial charge in [0.05, 0.1) is 7.11 Å². The minimum absolute atomic E-state index is 0.233. The highest BCUT2D eigenvalue weighted by molar-refractivity contribution is 7.98. The summed E-state index contributed by atoms with van der Waals surface area (Å²) >= 11 is 1.75. The van der Waals surface area contributed by atoms with Gasteiger partial charge in [-0.15, -0.1) is 11.8 Å². The Morgan fingerprint density at radius 1 is 1.07 bits per heavy atom. The van der Waals surface area contributed by atoms with Crippen LogP contribution in [-0.2, 0) is 13.1 Å². The summed E-state index contributed by atoms with van der Waals surface area (Å²) in [5, 5.41) is 13.7. The molecule has 0 bridgehead atoms. The summed E-state index contributed by atoms with van der Waals surface area (Å²) in [6, 6.07) is 14.8. The van der Waals surface area contributed by atoms with E-state index in [1.54, 1.807) is 18.9 Å². The number of aliphatic hydroxyl groups excluding tert-OH is 1. The normalized spacial score (nSPS) is 12.4. The fourth-order valence-corrected chi connectivity index (χ4v) is 3.34. The number of ether oxygens (including phenoxy) is 2. The Balaban J connectivity index is 1.87. The summed E-state index contributed by atoms with van der Waals surface area (Å²) in [6.45, 7) is 6.55. The molecule has 0 aliphatic carbocycles. The van der Waals surface area contributed by atoms with E-state index in [4.69, 9.17) is 9.47 Å². The number of thioether (sulfide) groups is 1. The quantitative estimate of drug-likeness (QED) is 0.512. The van der Waals surface area contributed by atoms with Gasteiger partial charge < -0.3 is 24.8 Å². The van der Waals surface area contributed by atoms with Gasteiger partial charge in [0.15, 0.2) is 11.5 Å². The van der Waals surface area contributed by atoms with Crippen LogP contribution >= 0.6 is 11.8 Å². The molecule has 2 N–H and O–H groups in total. The van der Waals surface area contributed by atoms with Crippen LogP contribution in [0.2, 0.25) is 0 Å². The number of benzene rings is 2. The molecule has 0 heterocycles. The molecule has 0 spiro atoms. The Labute approximate surface area is 179 Å². The standard InChI is InChI=1S/C23H34N2O3S/c1-17(2)25(3)15-20(26)16-28-22-10-9-19(12-23(22)27-4)14-24-13-18-7-6-8-21(11-18)29-5/h6-12,17,20,24,26H,13-16H2,1-5H3. The van der Waals surface area contributed by atoms with E-state index in [1.807, 2.05) is 25.2 Å². The third-order valence-corrected chi connectivity index (χ3v) is 5.56. The third-order valence-electron chi connectivity index (χ3n) is 4.83. The van der Waals surface area contributed by atoms with Gasteiger partial charge in [-0.2, -0.15) is 0 Å². The molecule has 1 atom stereocenters. The molecule has 0 aromatic heterocycles. The number of hydrogen-bond acceptors (Lipinski definition) is 6. The lowest BCUT2D eigenvalue weighted by Gasteiger charge is -2.24. The second-order valence-corrected chi connectivity index (χ2v) is 8.32. The Kier molecular flexibility index (Phi) is 9.81. The first kappa shape index (κ1) is 23.5. The van der Waals surface area contributed by atoms with E-state index in [2.05, 4.69) is 54.6 Å². The maximum atomic E-state index is 10.2. The van der Waals surface area contributed by atoms with E-state index in [-0.39, 0.29) is 6.61 Å². The first-order valence-corrected chi connectivity index (χ1v) is 11.2. The number of likely N-dealkylation sites (N-methyl/N-ethyl adjacent to an activating group) is 1. The molecule has 1 unspecified atom stereocenters. The maximum absolute atomic E-state index is 10.2. The molecule has 0 saturated heterocycles. The van der Waals surface area contributed by atoms with Gasteiger partial charge in [0.1, 0.15) is 12.7 Å². The van der Waals surface area contributed by atoms with Gasteiger partial charge >= 0.3 is 0 Å². The molecule has 5 nitrogen and oxygen atoms in total. The number of rotatable bonds is 12. The van der Waals surface area contributed by atoms with E-state index >= 15 is 0 Å². The van der Waals surface area contributed by atoms with Gasteiger partial charge in [0.25, 0.3) is 0 Å². The molecular weight excluding hydrogens is 384 g/mol. The van der Waals surface area contributed by atoms with Gasteiger partial charge in [-0.25, -0.2) is 0 Å². The summed E-state index contributed by atoms with van der Waals surface area (Å²) in [4.78, 5) is 3.36. The maximum Gasteiger partial charge on any atom is 0.161 e. The van der Waals surface area contributed by atoms with Crippen LogP contribution in [0.25, 0.3) is 0 Å². The smallest absolute Gasteiger partial charge is 0.161 e. The lowest BCUT2D eigenvalue weighted by atomic mass is 10.2. The first-order chi connectivity index (χ1) is 13.9. The number of aliphatic hydroxyl groups is 1. The van der Waals surface area contributed by atoms with E-state index in [0.29, 0.717) is 24.1 Å². The van der Waals surface area contributed by atoms with Crippen molar-refractivity contribution in [2.75, 3.05) is 33.6 Å². The van der Waals surface area contributed by atoms with Crippen molar-refractivity contribution < 1.29 is 14.6 Å². The molecule has 2 rings (SSSR count). The van der Waals surface area contributed by atoms with Crippen LogP contribution in [-0.4, -0.2) is 55.7 Å². The molecule has 0 fully saturated rings. The van der Waals surface area contributed by atoms with Crippen molar-refractivity contribution in [3.63, 3.8) is 0 Å². The van der Waals surface area contributed by atoms with E-state index < -0.39 is 6.10 Å².